The number of carbonyl (C=O) groups excluding carboxylic acids is 1. The lowest BCUT2D eigenvalue weighted by atomic mass is 9.99. The monoisotopic (exact) mass is 392 g/mol. The number of carbonyl (C=O) groups is 1. The van der Waals surface area contributed by atoms with Crippen LogP contribution in [0.4, 0.5) is 5.69 Å². The Morgan fingerprint density at radius 1 is 0.857 bits per heavy atom. The Morgan fingerprint density at radius 3 is 2.36 bits per heavy atom. The number of para-hydroxylation sites is 1. The van der Waals surface area contributed by atoms with Crippen LogP contribution in [0.15, 0.2) is 83.8 Å². The number of anilines is 1. The number of benzene rings is 3. The standard InChI is InChI=1S/C22H20N2O3S/c25-22(24-14-13-17-7-4-5-8-19(17)16-24)18-9-6-12-21(15-18)28(26,27)23-20-10-2-1-3-11-20/h1-12,15,23H,13-14,16H2. The first-order valence-corrected chi connectivity index (χ1v) is 10.6. The van der Waals surface area contributed by atoms with Gasteiger partial charge in [-0.3, -0.25) is 9.52 Å². The number of hydrogen-bond donors (Lipinski definition) is 1. The van der Waals surface area contributed by atoms with Gasteiger partial charge in [-0.1, -0.05) is 48.5 Å². The van der Waals surface area contributed by atoms with Crippen LogP contribution in [0.3, 0.4) is 0 Å². The molecule has 4 rings (SSSR count). The number of fused-ring (bicyclic) bond motifs is 1. The molecule has 1 aliphatic rings. The smallest absolute Gasteiger partial charge is 0.261 e. The van der Waals surface area contributed by atoms with E-state index < -0.39 is 10.0 Å². The molecule has 28 heavy (non-hydrogen) atoms. The Balaban J connectivity index is 1.56. The lowest BCUT2D eigenvalue weighted by molar-refractivity contribution is 0.0734. The summed E-state index contributed by atoms with van der Waals surface area (Å²) in [5.41, 5.74) is 3.24. The largest absolute Gasteiger partial charge is 0.334 e. The lowest BCUT2D eigenvalue weighted by Crippen LogP contribution is -2.36. The van der Waals surface area contributed by atoms with E-state index in [0.717, 1.165) is 12.0 Å². The van der Waals surface area contributed by atoms with Crippen molar-refractivity contribution in [1.82, 2.24) is 4.90 Å². The normalized spacial score (nSPS) is 13.6. The van der Waals surface area contributed by atoms with E-state index in [9.17, 15) is 13.2 Å². The molecule has 6 heteroatoms. The molecular formula is C22H20N2O3S. The molecule has 0 aromatic heterocycles. The number of nitrogens with zero attached hydrogens (tertiary/aromatic N) is 1. The number of rotatable bonds is 4. The fourth-order valence-corrected chi connectivity index (χ4v) is 4.47. The third-order valence-electron chi connectivity index (χ3n) is 4.84. The molecule has 1 heterocycles. The van der Waals surface area contributed by atoms with Crippen LogP contribution >= 0.6 is 0 Å². The molecule has 1 aliphatic heterocycles. The third kappa shape index (κ3) is 3.77. The number of hydrogen-bond acceptors (Lipinski definition) is 3. The number of nitrogens with one attached hydrogen (secondary N) is 1. The maximum atomic E-state index is 13.0. The fraction of sp³-hybridized carbons (Fsp3) is 0.136. The van der Waals surface area contributed by atoms with Crippen molar-refractivity contribution >= 4 is 21.6 Å². The van der Waals surface area contributed by atoms with E-state index in [1.165, 1.54) is 17.7 Å². The summed E-state index contributed by atoms with van der Waals surface area (Å²) in [7, 11) is -3.77. The van der Waals surface area contributed by atoms with Gasteiger partial charge in [-0.15, -0.1) is 0 Å². The minimum Gasteiger partial charge on any atom is -0.334 e. The zero-order valence-electron chi connectivity index (χ0n) is 15.2. The Morgan fingerprint density at radius 2 is 1.57 bits per heavy atom. The highest BCUT2D eigenvalue weighted by atomic mass is 32.2. The summed E-state index contributed by atoms with van der Waals surface area (Å²) in [6.45, 7) is 1.16. The van der Waals surface area contributed by atoms with Crippen molar-refractivity contribution in [2.75, 3.05) is 11.3 Å². The molecule has 0 radical (unpaired) electrons. The minimum absolute atomic E-state index is 0.0691. The SMILES string of the molecule is O=C(c1cccc(S(=O)(=O)Nc2ccccc2)c1)N1CCc2ccccc2C1. The second-order valence-electron chi connectivity index (χ2n) is 6.74. The summed E-state index contributed by atoms with van der Waals surface area (Å²) in [6.07, 6.45) is 0.801. The number of sulfonamides is 1. The maximum Gasteiger partial charge on any atom is 0.261 e. The van der Waals surface area contributed by atoms with E-state index in [-0.39, 0.29) is 10.8 Å². The van der Waals surface area contributed by atoms with Crippen molar-refractivity contribution in [1.29, 1.82) is 0 Å². The van der Waals surface area contributed by atoms with Crippen molar-refractivity contribution < 1.29 is 13.2 Å². The Hall–Kier alpha value is -3.12. The van der Waals surface area contributed by atoms with Gasteiger partial charge in [0.2, 0.25) is 0 Å². The quantitative estimate of drug-likeness (QED) is 0.736. The summed E-state index contributed by atoms with van der Waals surface area (Å²) < 4.78 is 27.9. The second kappa shape index (κ2) is 7.48. The summed E-state index contributed by atoms with van der Waals surface area (Å²) in [4.78, 5) is 14.8. The third-order valence-corrected chi connectivity index (χ3v) is 6.21. The fourth-order valence-electron chi connectivity index (χ4n) is 3.37. The summed E-state index contributed by atoms with van der Waals surface area (Å²) >= 11 is 0. The second-order valence-corrected chi connectivity index (χ2v) is 8.43. The molecule has 0 bridgehead atoms. The van der Waals surface area contributed by atoms with E-state index in [0.29, 0.717) is 24.3 Å². The highest BCUT2D eigenvalue weighted by Gasteiger charge is 2.23. The molecule has 0 saturated heterocycles. The van der Waals surface area contributed by atoms with Crippen LogP contribution in [0.5, 0.6) is 0 Å². The molecule has 5 nitrogen and oxygen atoms in total. The van der Waals surface area contributed by atoms with E-state index in [1.807, 2.05) is 24.3 Å². The molecule has 3 aromatic carbocycles. The van der Waals surface area contributed by atoms with Gasteiger partial charge in [-0.25, -0.2) is 8.42 Å². The van der Waals surface area contributed by atoms with Gasteiger partial charge in [0, 0.05) is 24.3 Å². The van der Waals surface area contributed by atoms with Crippen LogP contribution in [0, 0.1) is 0 Å². The van der Waals surface area contributed by atoms with Crippen LogP contribution in [-0.2, 0) is 23.0 Å². The van der Waals surface area contributed by atoms with Gasteiger partial charge in [0.1, 0.15) is 0 Å². The summed E-state index contributed by atoms with van der Waals surface area (Å²) in [6, 6.07) is 23.0. The van der Waals surface area contributed by atoms with E-state index in [2.05, 4.69) is 10.8 Å². The molecule has 0 aliphatic carbocycles. The summed E-state index contributed by atoms with van der Waals surface area (Å²) in [5.74, 6) is -0.161. The molecule has 142 valence electrons. The van der Waals surface area contributed by atoms with E-state index in [4.69, 9.17) is 0 Å². The van der Waals surface area contributed by atoms with Gasteiger partial charge in [-0.05, 0) is 47.9 Å². The van der Waals surface area contributed by atoms with Gasteiger partial charge in [0.05, 0.1) is 4.90 Å². The summed E-state index contributed by atoms with van der Waals surface area (Å²) in [5, 5.41) is 0. The van der Waals surface area contributed by atoms with Crippen molar-refractivity contribution in [2.45, 2.75) is 17.9 Å². The highest BCUT2D eigenvalue weighted by molar-refractivity contribution is 7.92. The van der Waals surface area contributed by atoms with Gasteiger partial charge < -0.3 is 4.90 Å². The first-order chi connectivity index (χ1) is 13.5. The Labute approximate surface area is 164 Å². The highest BCUT2D eigenvalue weighted by Crippen LogP contribution is 2.22. The van der Waals surface area contributed by atoms with Gasteiger partial charge in [0.15, 0.2) is 0 Å². The van der Waals surface area contributed by atoms with Crippen molar-refractivity contribution in [3.8, 4) is 0 Å². The van der Waals surface area contributed by atoms with Gasteiger partial charge in [0.25, 0.3) is 15.9 Å². The molecule has 0 fully saturated rings. The molecule has 0 atom stereocenters. The predicted octanol–water partition coefficient (Wildman–Crippen LogP) is 3.69. The number of amides is 1. The van der Waals surface area contributed by atoms with Gasteiger partial charge in [-0.2, -0.15) is 0 Å². The first-order valence-electron chi connectivity index (χ1n) is 9.07. The zero-order valence-corrected chi connectivity index (χ0v) is 16.0. The topological polar surface area (TPSA) is 66.5 Å². The average Bonchev–Trinajstić information content (AvgIpc) is 2.73. The van der Waals surface area contributed by atoms with Crippen molar-refractivity contribution in [2.24, 2.45) is 0 Å². The van der Waals surface area contributed by atoms with Crippen LogP contribution in [0.2, 0.25) is 0 Å². The molecule has 3 aromatic rings. The maximum absolute atomic E-state index is 13.0. The molecule has 1 amide bonds. The Bertz CT molecular complexity index is 1110. The first kappa shape index (κ1) is 18.3. The van der Waals surface area contributed by atoms with Crippen molar-refractivity contribution in [3.05, 3.63) is 95.6 Å². The molecule has 0 saturated carbocycles. The van der Waals surface area contributed by atoms with Crippen LogP contribution in [0.1, 0.15) is 21.5 Å². The van der Waals surface area contributed by atoms with Crippen LogP contribution in [0.25, 0.3) is 0 Å². The molecular weight excluding hydrogens is 372 g/mol. The zero-order chi connectivity index (χ0) is 19.6. The minimum atomic E-state index is -3.77. The average molecular weight is 392 g/mol. The van der Waals surface area contributed by atoms with E-state index >= 15 is 0 Å². The lowest BCUT2D eigenvalue weighted by Gasteiger charge is -2.29. The van der Waals surface area contributed by atoms with Crippen LogP contribution < -0.4 is 4.72 Å². The Kier molecular flexibility index (Phi) is 4.88. The molecule has 1 N–H and O–H groups in total. The predicted molar refractivity (Wildman–Crippen MR) is 109 cm³/mol. The van der Waals surface area contributed by atoms with Crippen LogP contribution in [-0.4, -0.2) is 25.8 Å². The van der Waals surface area contributed by atoms with Crippen molar-refractivity contribution in [3.63, 3.8) is 0 Å². The molecule has 0 unspecified atom stereocenters. The van der Waals surface area contributed by atoms with Gasteiger partial charge >= 0.3 is 0 Å². The molecule has 0 spiro atoms. The van der Waals surface area contributed by atoms with E-state index in [1.54, 1.807) is 41.3 Å².